The van der Waals surface area contributed by atoms with Crippen LogP contribution in [0.3, 0.4) is 0 Å². The summed E-state index contributed by atoms with van der Waals surface area (Å²) in [5, 5.41) is 5.20. The Hall–Kier alpha value is -4.30. The van der Waals surface area contributed by atoms with Crippen molar-refractivity contribution in [3.63, 3.8) is 0 Å². The monoisotopic (exact) mass is 448 g/mol. The van der Waals surface area contributed by atoms with E-state index >= 15 is 0 Å². The first-order valence-corrected chi connectivity index (χ1v) is 12.3. The predicted octanol–water partition coefficient (Wildman–Crippen LogP) is 8.72. The van der Waals surface area contributed by atoms with Crippen LogP contribution in [0.2, 0.25) is 0 Å². The Bertz CT molecular complexity index is 1970. The topological polar surface area (TPSA) is 20.7 Å². The Balaban J connectivity index is 1.50. The molecule has 0 amide bonds. The van der Waals surface area contributed by atoms with Crippen molar-refractivity contribution in [1.82, 2.24) is 9.55 Å². The van der Waals surface area contributed by atoms with Gasteiger partial charge in [0.05, 0.1) is 11.0 Å². The molecule has 0 atom stereocenters. The molecule has 7 aromatic rings. The summed E-state index contributed by atoms with van der Waals surface area (Å²) in [6.07, 6.45) is 0. The number of nitrogens with zero attached hydrogens (tertiary/aromatic N) is 1. The van der Waals surface area contributed by atoms with E-state index in [9.17, 15) is 0 Å². The van der Waals surface area contributed by atoms with Gasteiger partial charge in [0.15, 0.2) is 0 Å². The van der Waals surface area contributed by atoms with Gasteiger partial charge in [-0.25, -0.2) is 0 Å². The van der Waals surface area contributed by atoms with Crippen molar-refractivity contribution in [3.05, 3.63) is 114 Å². The largest absolute Gasteiger partial charge is 0.355 e. The van der Waals surface area contributed by atoms with E-state index in [1.54, 1.807) is 0 Å². The minimum Gasteiger partial charge on any atom is -0.355 e. The minimum absolute atomic E-state index is 0.0810. The molecule has 0 spiro atoms. The first kappa shape index (κ1) is 19.1. The normalized spacial score (nSPS) is 14.2. The van der Waals surface area contributed by atoms with E-state index < -0.39 is 0 Å². The zero-order chi connectivity index (χ0) is 23.3. The number of fused-ring (bicyclic) bond motifs is 9. The molecule has 0 radical (unpaired) electrons. The van der Waals surface area contributed by atoms with Crippen LogP contribution in [0.15, 0.2) is 103 Å². The summed E-state index contributed by atoms with van der Waals surface area (Å²) in [6.45, 7) is 4.74. The lowest BCUT2D eigenvalue weighted by Crippen LogP contribution is -2.15. The van der Waals surface area contributed by atoms with Gasteiger partial charge in [0.25, 0.3) is 0 Å². The van der Waals surface area contributed by atoms with Gasteiger partial charge in [0.2, 0.25) is 0 Å². The molecular formula is C33H24N2. The molecule has 5 aromatic carbocycles. The molecule has 1 aliphatic carbocycles. The van der Waals surface area contributed by atoms with Gasteiger partial charge in [-0.05, 0) is 70.8 Å². The third-order valence-corrected chi connectivity index (χ3v) is 8.11. The lowest BCUT2D eigenvalue weighted by molar-refractivity contribution is 0.661. The highest BCUT2D eigenvalue weighted by molar-refractivity contribution is 6.13. The lowest BCUT2D eigenvalue weighted by Gasteiger charge is -2.22. The molecule has 2 heteroatoms. The van der Waals surface area contributed by atoms with E-state index in [0.29, 0.717) is 0 Å². The van der Waals surface area contributed by atoms with Crippen molar-refractivity contribution >= 4 is 43.6 Å². The summed E-state index contributed by atoms with van der Waals surface area (Å²) in [5.74, 6) is 0. The van der Waals surface area contributed by atoms with Crippen LogP contribution in [-0.2, 0) is 5.41 Å². The molecule has 0 bridgehead atoms. The standard InChI is InChI=1S/C33H24N2/c1-33(2)27-18-30-25(21-12-6-8-14-29(21)34-30)16-23(27)24-17-26-22-13-7-9-15-31(22)35(32(26)19-28(24)33)20-10-4-3-5-11-20/h3-19,34H,1-2H3. The van der Waals surface area contributed by atoms with Crippen LogP contribution in [0.5, 0.6) is 0 Å². The molecule has 0 aliphatic heterocycles. The van der Waals surface area contributed by atoms with E-state index in [2.05, 4.69) is 127 Å². The lowest BCUT2D eigenvalue weighted by atomic mass is 9.82. The van der Waals surface area contributed by atoms with Crippen molar-refractivity contribution < 1.29 is 0 Å². The molecule has 1 N–H and O–H groups in total. The summed E-state index contributed by atoms with van der Waals surface area (Å²) in [6, 6.07) is 37.8. The number of H-pyrrole nitrogens is 1. The van der Waals surface area contributed by atoms with E-state index in [1.165, 1.54) is 71.6 Å². The molecule has 0 unspecified atom stereocenters. The zero-order valence-corrected chi connectivity index (χ0v) is 19.8. The molecule has 1 aliphatic rings. The number of benzene rings is 5. The maximum absolute atomic E-state index is 3.65. The third kappa shape index (κ3) is 2.39. The smallest absolute Gasteiger partial charge is 0.0544 e. The van der Waals surface area contributed by atoms with E-state index in [4.69, 9.17) is 0 Å². The summed E-state index contributed by atoms with van der Waals surface area (Å²) >= 11 is 0. The van der Waals surface area contributed by atoms with Crippen molar-refractivity contribution in [1.29, 1.82) is 0 Å². The van der Waals surface area contributed by atoms with Gasteiger partial charge in [0.1, 0.15) is 0 Å². The number of aromatic amines is 1. The molecule has 0 saturated carbocycles. The fourth-order valence-electron chi connectivity index (χ4n) is 6.39. The molecular weight excluding hydrogens is 424 g/mol. The fourth-order valence-corrected chi connectivity index (χ4v) is 6.39. The molecule has 2 aromatic heterocycles. The van der Waals surface area contributed by atoms with Crippen molar-refractivity contribution in [3.8, 4) is 16.8 Å². The van der Waals surface area contributed by atoms with Crippen LogP contribution in [0, 0.1) is 0 Å². The highest BCUT2D eigenvalue weighted by Gasteiger charge is 2.37. The molecule has 35 heavy (non-hydrogen) atoms. The highest BCUT2D eigenvalue weighted by atomic mass is 15.0. The minimum atomic E-state index is -0.0810. The van der Waals surface area contributed by atoms with Crippen molar-refractivity contribution in [2.75, 3.05) is 0 Å². The Morgan fingerprint density at radius 3 is 2.03 bits per heavy atom. The van der Waals surface area contributed by atoms with Crippen LogP contribution in [-0.4, -0.2) is 9.55 Å². The molecule has 0 fully saturated rings. The zero-order valence-electron chi connectivity index (χ0n) is 19.8. The second-order valence-electron chi connectivity index (χ2n) is 10.3. The van der Waals surface area contributed by atoms with Crippen molar-refractivity contribution in [2.45, 2.75) is 19.3 Å². The van der Waals surface area contributed by atoms with Gasteiger partial charge in [-0.15, -0.1) is 0 Å². The average Bonchev–Trinajstić information content (AvgIpc) is 3.49. The number of aromatic nitrogens is 2. The van der Waals surface area contributed by atoms with Crippen LogP contribution in [0.4, 0.5) is 0 Å². The molecule has 8 rings (SSSR count). The average molecular weight is 449 g/mol. The van der Waals surface area contributed by atoms with Gasteiger partial charge in [-0.1, -0.05) is 68.4 Å². The maximum Gasteiger partial charge on any atom is 0.0544 e. The summed E-state index contributed by atoms with van der Waals surface area (Å²) < 4.78 is 2.42. The number of para-hydroxylation sites is 3. The third-order valence-electron chi connectivity index (χ3n) is 8.11. The van der Waals surface area contributed by atoms with Crippen molar-refractivity contribution in [2.24, 2.45) is 0 Å². The Morgan fingerprint density at radius 2 is 1.20 bits per heavy atom. The van der Waals surface area contributed by atoms with Gasteiger partial charge in [-0.3, -0.25) is 0 Å². The molecule has 166 valence electrons. The van der Waals surface area contributed by atoms with Gasteiger partial charge in [0, 0.05) is 43.7 Å². The fraction of sp³-hybridized carbons (Fsp3) is 0.0909. The number of rotatable bonds is 1. The number of hydrogen-bond acceptors (Lipinski definition) is 0. The SMILES string of the molecule is CC1(C)c2cc3[nH]c4ccccc4c3cc2-c2cc3c4ccccc4n(-c4ccccc4)c3cc21. The second-order valence-corrected chi connectivity index (χ2v) is 10.3. The highest BCUT2D eigenvalue weighted by Crippen LogP contribution is 2.52. The number of nitrogens with one attached hydrogen (secondary N) is 1. The Kier molecular flexibility index (Phi) is 3.50. The van der Waals surface area contributed by atoms with Crippen LogP contribution < -0.4 is 0 Å². The Labute approximate surface area is 203 Å². The maximum atomic E-state index is 3.65. The van der Waals surface area contributed by atoms with E-state index in [-0.39, 0.29) is 5.41 Å². The quantitative estimate of drug-likeness (QED) is 0.259. The van der Waals surface area contributed by atoms with Crippen LogP contribution >= 0.6 is 0 Å². The first-order chi connectivity index (χ1) is 17.1. The second kappa shape index (κ2) is 6.43. The first-order valence-electron chi connectivity index (χ1n) is 12.3. The van der Waals surface area contributed by atoms with Gasteiger partial charge < -0.3 is 9.55 Å². The summed E-state index contributed by atoms with van der Waals surface area (Å²) in [4.78, 5) is 3.65. The van der Waals surface area contributed by atoms with Crippen LogP contribution in [0.1, 0.15) is 25.0 Å². The Morgan fingerprint density at radius 1 is 0.543 bits per heavy atom. The van der Waals surface area contributed by atoms with Gasteiger partial charge in [-0.2, -0.15) is 0 Å². The molecule has 2 nitrogen and oxygen atoms in total. The van der Waals surface area contributed by atoms with Crippen LogP contribution in [0.25, 0.3) is 60.4 Å². The predicted molar refractivity (Wildman–Crippen MR) is 148 cm³/mol. The van der Waals surface area contributed by atoms with Gasteiger partial charge >= 0.3 is 0 Å². The van der Waals surface area contributed by atoms with E-state index in [1.807, 2.05) is 0 Å². The van der Waals surface area contributed by atoms with E-state index in [0.717, 1.165) is 0 Å². The summed E-state index contributed by atoms with van der Waals surface area (Å²) in [7, 11) is 0. The number of hydrogen-bond donors (Lipinski definition) is 1. The summed E-state index contributed by atoms with van der Waals surface area (Å²) in [5.41, 5.74) is 11.6. The molecule has 0 saturated heterocycles. The molecule has 2 heterocycles.